The van der Waals surface area contributed by atoms with E-state index in [-0.39, 0.29) is 0 Å². The van der Waals surface area contributed by atoms with Crippen molar-refractivity contribution in [2.45, 2.75) is 25.3 Å². The van der Waals surface area contributed by atoms with Crippen molar-refractivity contribution >= 4 is 35.0 Å². The Morgan fingerprint density at radius 2 is 2.15 bits per heavy atom. The van der Waals surface area contributed by atoms with Crippen LogP contribution in [-0.4, -0.2) is 57.3 Å². The smallest absolute Gasteiger partial charge is 0.191 e. The van der Waals surface area contributed by atoms with Crippen LogP contribution in [0, 0.1) is 5.92 Å². The van der Waals surface area contributed by atoms with Crippen LogP contribution in [0.1, 0.15) is 19.3 Å². The van der Waals surface area contributed by atoms with Gasteiger partial charge in [-0.3, -0.25) is 4.99 Å². The quantitative estimate of drug-likeness (QED) is 0.591. The molecule has 0 aliphatic carbocycles. The molecular weight excluding hydrogens is 368 g/mol. The average molecular weight is 397 g/mol. The summed E-state index contributed by atoms with van der Waals surface area (Å²) in [4.78, 5) is 6.73. The second kappa shape index (κ2) is 9.60. The van der Waals surface area contributed by atoms with Crippen LogP contribution in [0.25, 0.3) is 0 Å². The van der Waals surface area contributed by atoms with Gasteiger partial charge >= 0.3 is 0 Å². The van der Waals surface area contributed by atoms with Gasteiger partial charge in [-0.05, 0) is 54.9 Å². The Labute approximate surface area is 165 Å². The summed E-state index contributed by atoms with van der Waals surface area (Å²) in [5.74, 6) is 5.13. The van der Waals surface area contributed by atoms with E-state index in [0.717, 1.165) is 54.4 Å². The zero-order valence-electron chi connectivity index (χ0n) is 15.6. The Hall–Kier alpha value is -1.27. The molecule has 2 heterocycles. The lowest BCUT2D eigenvalue weighted by Gasteiger charge is -2.24. The number of rotatable bonds is 5. The summed E-state index contributed by atoms with van der Waals surface area (Å²) in [5.41, 5.74) is 1.06. The Morgan fingerprint density at radius 3 is 2.88 bits per heavy atom. The minimum atomic E-state index is 0.367. The zero-order valence-corrected chi connectivity index (χ0v) is 17.2. The first-order chi connectivity index (χ1) is 12.7. The molecule has 0 saturated carbocycles. The molecule has 3 rings (SSSR count). The first-order valence-corrected chi connectivity index (χ1v) is 10.9. The molecule has 1 aromatic carbocycles. The molecule has 0 amide bonds. The maximum Gasteiger partial charge on any atom is 0.191 e. The number of aliphatic imine (C=N–C) groups is 1. The summed E-state index contributed by atoms with van der Waals surface area (Å²) in [6.45, 7) is 2.90. The normalized spacial score (nSPS) is 21.7. The molecule has 5 nitrogen and oxygen atoms in total. The fraction of sp³-hybridized carbons (Fsp3) is 0.632. The molecule has 0 radical (unpaired) electrons. The largest absolute Gasteiger partial charge is 0.495 e. The lowest BCUT2D eigenvalue weighted by atomic mass is 10.0. The van der Waals surface area contributed by atoms with E-state index in [9.17, 15) is 0 Å². The number of halogens is 1. The van der Waals surface area contributed by atoms with E-state index in [1.165, 1.54) is 24.3 Å². The predicted molar refractivity (Wildman–Crippen MR) is 113 cm³/mol. The molecule has 0 aromatic heterocycles. The Morgan fingerprint density at radius 1 is 1.35 bits per heavy atom. The fourth-order valence-corrected chi connectivity index (χ4v) is 4.96. The van der Waals surface area contributed by atoms with E-state index in [2.05, 4.69) is 32.3 Å². The summed E-state index contributed by atoms with van der Waals surface area (Å²) in [6, 6.07) is 6.15. The van der Waals surface area contributed by atoms with Crippen molar-refractivity contribution in [2.24, 2.45) is 10.9 Å². The molecule has 1 aromatic rings. The lowest BCUT2D eigenvalue weighted by molar-refractivity contribution is 0.415. The summed E-state index contributed by atoms with van der Waals surface area (Å²) < 4.78 is 5.50. The van der Waals surface area contributed by atoms with Crippen molar-refractivity contribution in [3.05, 3.63) is 23.2 Å². The van der Waals surface area contributed by atoms with Gasteiger partial charge in [-0.25, -0.2) is 0 Å². The summed E-state index contributed by atoms with van der Waals surface area (Å²) >= 11 is 8.25. The molecule has 7 heteroatoms. The van der Waals surface area contributed by atoms with E-state index in [0.29, 0.717) is 6.04 Å². The van der Waals surface area contributed by atoms with Crippen molar-refractivity contribution < 1.29 is 4.74 Å². The van der Waals surface area contributed by atoms with Gasteiger partial charge in [-0.15, -0.1) is 0 Å². The highest BCUT2D eigenvalue weighted by molar-refractivity contribution is 7.99. The van der Waals surface area contributed by atoms with E-state index >= 15 is 0 Å². The SMILES string of the molecule is CN=C(NCC1CCSCC1)NC1CCN(c2cc(Cl)ccc2OC)C1. The first-order valence-electron chi connectivity index (χ1n) is 9.33. The molecule has 2 aliphatic rings. The van der Waals surface area contributed by atoms with Crippen molar-refractivity contribution in [3.8, 4) is 5.75 Å². The molecule has 1 atom stereocenters. The number of hydrogen-bond donors (Lipinski definition) is 2. The van der Waals surface area contributed by atoms with Crippen LogP contribution >= 0.6 is 23.4 Å². The van der Waals surface area contributed by atoms with Gasteiger partial charge in [0.2, 0.25) is 0 Å². The molecule has 2 aliphatic heterocycles. The number of nitrogens with one attached hydrogen (secondary N) is 2. The maximum absolute atomic E-state index is 6.18. The molecule has 0 bridgehead atoms. The highest BCUT2D eigenvalue weighted by Crippen LogP contribution is 2.33. The molecular formula is C19H29ClN4OS. The molecule has 0 spiro atoms. The van der Waals surface area contributed by atoms with Crippen LogP contribution < -0.4 is 20.3 Å². The number of nitrogens with zero attached hydrogens (tertiary/aromatic N) is 2. The number of thioether (sulfide) groups is 1. The lowest BCUT2D eigenvalue weighted by Crippen LogP contribution is -2.46. The third-order valence-electron chi connectivity index (χ3n) is 5.13. The number of guanidine groups is 1. The first kappa shape index (κ1) is 19.5. The predicted octanol–water partition coefficient (Wildman–Crippen LogP) is 3.24. The number of hydrogen-bond acceptors (Lipinski definition) is 4. The van der Waals surface area contributed by atoms with Gasteiger partial charge in [0.05, 0.1) is 12.8 Å². The number of methoxy groups -OCH3 is 1. The van der Waals surface area contributed by atoms with Crippen LogP contribution in [0.2, 0.25) is 5.02 Å². The van der Waals surface area contributed by atoms with Crippen molar-refractivity contribution in [3.63, 3.8) is 0 Å². The Balaban J connectivity index is 1.52. The molecule has 26 heavy (non-hydrogen) atoms. The maximum atomic E-state index is 6.18. The second-order valence-corrected chi connectivity index (χ2v) is 8.56. The second-order valence-electron chi connectivity index (χ2n) is 6.90. The summed E-state index contributed by atoms with van der Waals surface area (Å²) in [6.07, 6.45) is 3.68. The molecule has 2 N–H and O–H groups in total. The van der Waals surface area contributed by atoms with Crippen LogP contribution in [0.4, 0.5) is 5.69 Å². The molecule has 2 saturated heterocycles. The van der Waals surface area contributed by atoms with Gasteiger partial charge in [0, 0.05) is 37.7 Å². The van der Waals surface area contributed by atoms with Crippen molar-refractivity contribution in [1.82, 2.24) is 10.6 Å². The van der Waals surface area contributed by atoms with Gasteiger partial charge in [-0.1, -0.05) is 11.6 Å². The van der Waals surface area contributed by atoms with E-state index < -0.39 is 0 Å². The highest BCUT2D eigenvalue weighted by Gasteiger charge is 2.26. The van der Waals surface area contributed by atoms with Gasteiger partial charge in [0.1, 0.15) is 5.75 Å². The minimum Gasteiger partial charge on any atom is -0.495 e. The number of anilines is 1. The average Bonchev–Trinajstić information content (AvgIpc) is 3.14. The van der Waals surface area contributed by atoms with E-state index in [1.54, 1.807) is 7.11 Å². The molecule has 1 unspecified atom stereocenters. The van der Waals surface area contributed by atoms with Crippen LogP contribution in [-0.2, 0) is 0 Å². The minimum absolute atomic E-state index is 0.367. The van der Waals surface area contributed by atoms with Crippen molar-refractivity contribution in [2.75, 3.05) is 50.2 Å². The molecule has 144 valence electrons. The molecule has 2 fully saturated rings. The standard InChI is InChI=1S/C19H29ClN4OS/c1-21-19(22-12-14-6-9-26-10-7-14)23-16-5-8-24(13-16)17-11-15(20)3-4-18(17)25-2/h3-4,11,14,16H,5-10,12-13H2,1-2H3,(H2,21,22,23). The number of ether oxygens (including phenoxy) is 1. The van der Waals surface area contributed by atoms with Crippen LogP contribution in [0.3, 0.4) is 0 Å². The van der Waals surface area contributed by atoms with Crippen LogP contribution in [0.5, 0.6) is 5.75 Å². The number of benzene rings is 1. The fourth-order valence-electron chi connectivity index (χ4n) is 3.59. The highest BCUT2D eigenvalue weighted by atomic mass is 35.5. The monoisotopic (exact) mass is 396 g/mol. The van der Waals surface area contributed by atoms with Gasteiger partial charge in [0.15, 0.2) is 5.96 Å². The third kappa shape index (κ3) is 5.13. The van der Waals surface area contributed by atoms with Crippen LogP contribution in [0.15, 0.2) is 23.2 Å². The van der Waals surface area contributed by atoms with E-state index in [1.807, 2.05) is 25.2 Å². The topological polar surface area (TPSA) is 48.9 Å². The van der Waals surface area contributed by atoms with Gasteiger partial charge < -0.3 is 20.3 Å². The third-order valence-corrected chi connectivity index (χ3v) is 6.42. The Kier molecular flexibility index (Phi) is 7.20. The van der Waals surface area contributed by atoms with Gasteiger partial charge in [-0.2, -0.15) is 11.8 Å². The van der Waals surface area contributed by atoms with Crippen molar-refractivity contribution in [1.29, 1.82) is 0 Å². The van der Waals surface area contributed by atoms with Gasteiger partial charge in [0.25, 0.3) is 0 Å². The summed E-state index contributed by atoms with van der Waals surface area (Å²) in [5, 5.41) is 7.83. The van der Waals surface area contributed by atoms with E-state index in [4.69, 9.17) is 16.3 Å². The summed E-state index contributed by atoms with van der Waals surface area (Å²) in [7, 11) is 3.55. The Bertz CT molecular complexity index is 622. The zero-order chi connectivity index (χ0) is 18.4.